The Kier molecular flexibility index (Phi) is 3.57. The van der Waals surface area contributed by atoms with Gasteiger partial charge in [-0.1, -0.05) is 28.1 Å². The highest BCUT2D eigenvalue weighted by Crippen LogP contribution is 2.36. The molecule has 1 rings (SSSR count). The number of aliphatic hydroxyl groups excluding tert-OH is 1. The van der Waals surface area contributed by atoms with Gasteiger partial charge in [-0.2, -0.15) is 13.2 Å². The van der Waals surface area contributed by atoms with E-state index in [-0.39, 0.29) is 5.56 Å². The molecule has 1 aromatic carbocycles. The molecule has 0 amide bonds. The lowest BCUT2D eigenvalue weighted by Crippen LogP contribution is -2.11. The van der Waals surface area contributed by atoms with Gasteiger partial charge in [0.25, 0.3) is 0 Å². The molecule has 15 heavy (non-hydrogen) atoms. The summed E-state index contributed by atoms with van der Waals surface area (Å²) in [5.41, 5.74) is -1.05. The summed E-state index contributed by atoms with van der Waals surface area (Å²) in [5, 5.41) is 9.33. The van der Waals surface area contributed by atoms with Gasteiger partial charge in [-0.15, -0.1) is 6.58 Å². The van der Waals surface area contributed by atoms with Crippen molar-refractivity contribution in [1.29, 1.82) is 0 Å². The second-order valence-corrected chi connectivity index (χ2v) is 3.83. The first-order valence-electron chi connectivity index (χ1n) is 4.03. The highest BCUT2D eigenvalue weighted by molar-refractivity contribution is 9.10. The van der Waals surface area contributed by atoms with E-state index in [0.717, 1.165) is 12.1 Å². The summed E-state index contributed by atoms with van der Waals surface area (Å²) >= 11 is 2.95. The standard InChI is InChI=1S/C10H8BrF3O/c1-2-9(15)7-4-3-6(11)5-8(7)10(12,13)14/h2-5,9,15H,1H2. The van der Waals surface area contributed by atoms with Crippen molar-refractivity contribution in [3.05, 3.63) is 46.5 Å². The zero-order valence-electron chi connectivity index (χ0n) is 7.55. The minimum Gasteiger partial charge on any atom is -0.384 e. The van der Waals surface area contributed by atoms with Crippen molar-refractivity contribution in [3.63, 3.8) is 0 Å². The van der Waals surface area contributed by atoms with Crippen LogP contribution in [0.1, 0.15) is 17.2 Å². The molecule has 5 heteroatoms. The van der Waals surface area contributed by atoms with Gasteiger partial charge in [0.15, 0.2) is 0 Å². The number of hydrogen-bond acceptors (Lipinski definition) is 1. The zero-order valence-corrected chi connectivity index (χ0v) is 9.14. The molecule has 0 saturated heterocycles. The summed E-state index contributed by atoms with van der Waals surface area (Å²) in [7, 11) is 0. The molecular formula is C10H8BrF3O. The fraction of sp³-hybridized carbons (Fsp3) is 0.200. The molecular weight excluding hydrogens is 273 g/mol. The highest BCUT2D eigenvalue weighted by Gasteiger charge is 2.34. The maximum Gasteiger partial charge on any atom is 0.416 e. The third kappa shape index (κ3) is 2.82. The molecule has 0 heterocycles. The van der Waals surface area contributed by atoms with E-state index in [1.165, 1.54) is 12.1 Å². The van der Waals surface area contributed by atoms with Crippen LogP contribution >= 0.6 is 15.9 Å². The topological polar surface area (TPSA) is 20.2 Å². The summed E-state index contributed by atoms with van der Waals surface area (Å²) in [6.07, 6.45) is -4.74. The summed E-state index contributed by atoms with van der Waals surface area (Å²) in [6.45, 7) is 3.25. The van der Waals surface area contributed by atoms with E-state index in [1.807, 2.05) is 0 Å². The number of alkyl halides is 3. The van der Waals surface area contributed by atoms with Crippen molar-refractivity contribution in [2.24, 2.45) is 0 Å². The second-order valence-electron chi connectivity index (χ2n) is 2.91. The van der Waals surface area contributed by atoms with Crippen molar-refractivity contribution in [1.82, 2.24) is 0 Å². The molecule has 0 aliphatic carbocycles. The van der Waals surface area contributed by atoms with E-state index in [9.17, 15) is 18.3 Å². The molecule has 0 bridgehead atoms. The maximum absolute atomic E-state index is 12.6. The second kappa shape index (κ2) is 4.37. The molecule has 1 nitrogen and oxygen atoms in total. The minimum atomic E-state index is -4.48. The van der Waals surface area contributed by atoms with Gasteiger partial charge < -0.3 is 5.11 Å². The quantitative estimate of drug-likeness (QED) is 0.820. The molecule has 0 aliphatic rings. The summed E-state index contributed by atoms with van der Waals surface area (Å²) in [4.78, 5) is 0. The number of hydrogen-bond donors (Lipinski definition) is 1. The zero-order chi connectivity index (χ0) is 11.6. The van der Waals surface area contributed by atoms with Gasteiger partial charge in [0.2, 0.25) is 0 Å². The van der Waals surface area contributed by atoms with Crippen LogP contribution in [0.25, 0.3) is 0 Å². The normalized spacial score (nSPS) is 13.7. The Morgan fingerprint density at radius 2 is 2.00 bits per heavy atom. The van der Waals surface area contributed by atoms with Crippen molar-refractivity contribution in [2.75, 3.05) is 0 Å². The number of halogens is 4. The lowest BCUT2D eigenvalue weighted by Gasteiger charge is -2.15. The van der Waals surface area contributed by atoms with Crippen LogP contribution in [0.5, 0.6) is 0 Å². The molecule has 0 fully saturated rings. The number of rotatable bonds is 2. The van der Waals surface area contributed by atoms with Crippen molar-refractivity contribution >= 4 is 15.9 Å². The molecule has 1 unspecified atom stereocenters. The van der Waals surface area contributed by atoms with Crippen LogP contribution in [0.4, 0.5) is 13.2 Å². The monoisotopic (exact) mass is 280 g/mol. The first-order valence-corrected chi connectivity index (χ1v) is 4.83. The highest BCUT2D eigenvalue weighted by atomic mass is 79.9. The SMILES string of the molecule is C=CC(O)c1ccc(Br)cc1C(F)(F)F. The predicted octanol–water partition coefficient (Wildman–Crippen LogP) is 3.69. The van der Waals surface area contributed by atoms with Gasteiger partial charge in [0, 0.05) is 4.47 Å². The van der Waals surface area contributed by atoms with Gasteiger partial charge in [-0.25, -0.2) is 0 Å². The largest absolute Gasteiger partial charge is 0.416 e. The van der Waals surface area contributed by atoms with Crippen molar-refractivity contribution in [3.8, 4) is 0 Å². The minimum absolute atomic E-state index is 0.194. The third-order valence-electron chi connectivity index (χ3n) is 1.86. The van der Waals surface area contributed by atoms with Gasteiger partial charge >= 0.3 is 6.18 Å². The van der Waals surface area contributed by atoms with Gasteiger partial charge in [-0.05, 0) is 17.7 Å². The lowest BCUT2D eigenvalue weighted by molar-refractivity contribution is -0.139. The van der Waals surface area contributed by atoms with Crippen LogP contribution in [-0.4, -0.2) is 5.11 Å². The molecule has 0 spiro atoms. The Bertz CT molecular complexity index is 373. The van der Waals surface area contributed by atoms with E-state index >= 15 is 0 Å². The van der Waals surface area contributed by atoms with Gasteiger partial charge in [0.1, 0.15) is 0 Å². The molecule has 0 saturated carbocycles. The molecule has 0 radical (unpaired) electrons. The third-order valence-corrected chi connectivity index (χ3v) is 2.36. The van der Waals surface area contributed by atoms with Crippen LogP contribution in [-0.2, 0) is 6.18 Å². The van der Waals surface area contributed by atoms with Crippen LogP contribution < -0.4 is 0 Å². The first-order chi connectivity index (χ1) is 6.86. The fourth-order valence-corrected chi connectivity index (χ4v) is 1.52. The van der Waals surface area contributed by atoms with Gasteiger partial charge in [0.05, 0.1) is 11.7 Å². The summed E-state index contributed by atoms with van der Waals surface area (Å²) < 4.78 is 38.0. The average Bonchev–Trinajstić information content (AvgIpc) is 2.15. The molecule has 0 aliphatic heterocycles. The average molecular weight is 281 g/mol. The first kappa shape index (κ1) is 12.3. The van der Waals surface area contributed by atoms with E-state index in [4.69, 9.17) is 0 Å². The van der Waals surface area contributed by atoms with E-state index in [0.29, 0.717) is 4.47 Å². The van der Waals surface area contributed by atoms with Crippen molar-refractivity contribution < 1.29 is 18.3 Å². The number of aliphatic hydroxyl groups is 1. The van der Waals surface area contributed by atoms with Gasteiger partial charge in [-0.3, -0.25) is 0 Å². The smallest absolute Gasteiger partial charge is 0.384 e. The Morgan fingerprint density at radius 3 is 2.47 bits per heavy atom. The Labute approximate surface area is 93.4 Å². The molecule has 1 aromatic rings. The Morgan fingerprint density at radius 1 is 1.40 bits per heavy atom. The van der Waals surface area contributed by atoms with Crippen LogP contribution in [0, 0.1) is 0 Å². The lowest BCUT2D eigenvalue weighted by atomic mass is 10.0. The van der Waals surface area contributed by atoms with E-state index in [2.05, 4.69) is 22.5 Å². The van der Waals surface area contributed by atoms with Crippen LogP contribution in [0.15, 0.2) is 35.3 Å². The molecule has 82 valence electrons. The fourth-order valence-electron chi connectivity index (χ4n) is 1.16. The number of benzene rings is 1. The molecule has 1 N–H and O–H groups in total. The van der Waals surface area contributed by atoms with Crippen LogP contribution in [0.2, 0.25) is 0 Å². The predicted molar refractivity (Wildman–Crippen MR) is 54.3 cm³/mol. The van der Waals surface area contributed by atoms with E-state index in [1.54, 1.807) is 0 Å². The van der Waals surface area contributed by atoms with Crippen molar-refractivity contribution in [2.45, 2.75) is 12.3 Å². The summed E-state index contributed by atoms with van der Waals surface area (Å²) in [6, 6.07) is 3.60. The summed E-state index contributed by atoms with van der Waals surface area (Å²) in [5.74, 6) is 0. The van der Waals surface area contributed by atoms with E-state index < -0.39 is 17.8 Å². The Hall–Kier alpha value is -0.810. The van der Waals surface area contributed by atoms with Crippen LogP contribution in [0.3, 0.4) is 0 Å². The molecule has 1 atom stereocenters. The maximum atomic E-state index is 12.6. The Balaban J connectivity index is 3.33. The molecule has 0 aromatic heterocycles.